The third kappa shape index (κ3) is 9.23. The van der Waals surface area contributed by atoms with Crippen molar-refractivity contribution >= 4 is 47.2 Å². The van der Waals surface area contributed by atoms with Crippen LogP contribution in [0.25, 0.3) is 0 Å². The third-order valence-electron chi connectivity index (χ3n) is 3.99. The highest BCUT2D eigenvalue weighted by molar-refractivity contribution is 14.0. The predicted molar refractivity (Wildman–Crippen MR) is 125 cm³/mol. The third-order valence-corrected chi connectivity index (χ3v) is 4.86. The molecule has 2 rings (SSSR count). The molecular formula is C20H29IN4OS. The molecule has 0 saturated carbocycles. The molecule has 3 N–H and O–H groups in total. The predicted octanol–water partition coefficient (Wildman–Crippen LogP) is 3.67. The fourth-order valence-electron chi connectivity index (χ4n) is 2.52. The molecule has 0 aliphatic heterocycles. The van der Waals surface area contributed by atoms with Gasteiger partial charge in [-0.05, 0) is 43.2 Å². The van der Waals surface area contributed by atoms with Crippen molar-refractivity contribution in [3.05, 3.63) is 58.3 Å². The zero-order valence-corrected chi connectivity index (χ0v) is 19.1. The molecule has 1 amide bonds. The number of thiophene rings is 1. The number of aliphatic imine (C=N–C) groups is 1. The minimum absolute atomic E-state index is 0. The summed E-state index contributed by atoms with van der Waals surface area (Å²) in [6, 6.07) is 14.6. The Labute approximate surface area is 183 Å². The second kappa shape index (κ2) is 13.5. The van der Waals surface area contributed by atoms with Crippen LogP contribution in [0.15, 0.2) is 52.8 Å². The molecule has 1 heterocycles. The van der Waals surface area contributed by atoms with E-state index in [-0.39, 0.29) is 29.9 Å². The molecule has 0 aliphatic carbocycles. The second-order valence-corrected chi connectivity index (χ2v) is 7.10. The molecule has 0 saturated heterocycles. The van der Waals surface area contributed by atoms with Gasteiger partial charge in [0.2, 0.25) is 0 Å². The van der Waals surface area contributed by atoms with Crippen molar-refractivity contribution in [3.8, 4) is 0 Å². The van der Waals surface area contributed by atoms with E-state index in [0.717, 1.165) is 36.6 Å². The number of carbonyl (C=O) groups is 1. The van der Waals surface area contributed by atoms with Crippen LogP contribution in [0.4, 0.5) is 0 Å². The van der Waals surface area contributed by atoms with E-state index in [1.54, 1.807) is 7.05 Å². The number of nitrogens with one attached hydrogen (secondary N) is 3. The first-order valence-corrected chi connectivity index (χ1v) is 9.90. The van der Waals surface area contributed by atoms with Crippen LogP contribution in [0.2, 0.25) is 0 Å². The molecule has 7 heteroatoms. The first-order valence-electron chi connectivity index (χ1n) is 9.02. The van der Waals surface area contributed by atoms with Crippen molar-refractivity contribution in [3.63, 3.8) is 0 Å². The highest BCUT2D eigenvalue weighted by atomic mass is 127. The first-order chi connectivity index (χ1) is 12.7. The molecule has 0 radical (unpaired) electrons. The number of benzene rings is 1. The first kappa shape index (κ1) is 23.4. The lowest BCUT2D eigenvalue weighted by Crippen LogP contribution is -2.43. The van der Waals surface area contributed by atoms with Crippen LogP contribution in [-0.2, 0) is 6.42 Å². The minimum atomic E-state index is -0.00274. The van der Waals surface area contributed by atoms with Crippen molar-refractivity contribution in [2.45, 2.75) is 32.2 Å². The molecular weight excluding hydrogens is 471 g/mol. The summed E-state index contributed by atoms with van der Waals surface area (Å²) >= 11 is 1.46. The molecule has 0 spiro atoms. The van der Waals surface area contributed by atoms with Crippen LogP contribution in [0.1, 0.15) is 35.0 Å². The number of halogens is 1. The molecule has 1 unspecified atom stereocenters. The van der Waals surface area contributed by atoms with Gasteiger partial charge in [0.05, 0.1) is 4.88 Å². The van der Waals surface area contributed by atoms with Gasteiger partial charge < -0.3 is 16.0 Å². The Morgan fingerprint density at radius 3 is 2.52 bits per heavy atom. The van der Waals surface area contributed by atoms with Crippen LogP contribution in [0.5, 0.6) is 0 Å². The summed E-state index contributed by atoms with van der Waals surface area (Å²) in [6.07, 6.45) is 2.93. The average Bonchev–Trinajstić information content (AvgIpc) is 3.20. The molecule has 2 aromatic rings. The zero-order chi connectivity index (χ0) is 18.6. The van der Waals surface area contributed by atoms with Crippen molar-refractivity contribution in [2.24, 2.45) is 4.99 Å². The summed E-state index contributed by atoms with van der Waals surface area (Å²) in [7, 11) is 1.78. The number of nitrogens with zero attached hydrogens (tertiary/aromatic N) is 1. The van der Waals surface area contributed by atoms with Crippen molar-refractivity contribution in [1.82, 2.24) is 16.0 Å². The van der Waals surface area contributed by atoms with E-state index in [4.69, 9.17) is 0 Å². The number of hydrogen-bond acceptors (Lipinski definition) is 3. The second-order valence-electron chi connectivity index (χ2n) is 6.16. The highest BCUT2D eigenvalue weighted by Crippen LogP contribution is 2.07. The maximum absolute atomic E-state index is 11.8. The molecule has 1 aromatic carbocycles. The highest BCUT2D eigenvalue weighted by Gasteiger charge is 2.07. The zero-order valence-electron chi connectivity index (χ0n) is 15.9. The monoisotopic (exact) mass is 500 g/mol. The van der Waals surface area contributed by atoms with Gasteiger partial charge in [-0.1, -0.05) is 36.4 Å². The summed E-state index contributed by atoms with van der Waals surface area (Å²) in [6.45, 7) is 3.57. The van der Waals surface area contributed by atoms with Gasteiger partial charge in [-0.25, -0.2) is 0 Å². The van der Waals surface area contributed by atoms with E-state index in [0.29, 0.717) is 12.6 Å². The summed E-state index contributed by atoms with van der Waals surface area (Å²) in [5, 5.41) is 11.5. The number of rotatable bonds is 9. The van der Waals surface area contributed by atoms with Gasteiger partial charge in [-0.3, -0.25) is 9.79 Å². The van der Waals surface area contributed by atoms with Crippen LogP contribution >= 0.6 is 35.3 Å². The summed E-state index contributed by atoms with van der Waals surface area (Å²) in [5.74, 6) is 0.798. The lowest BCUT2D eigenvalue weighted by atomic mass is 10.1. The van der Waals surface area contributed by atoms with E-state index in [9.17, 15) is 4.79 Å². The molecule has 0 bridgehead atoms. The quantitative estimate of drug-likeness (QED) is 0.213. The fraction of sp³-hybridized carbons (Fsp3) is 0.400. The summed E-state index contributed by atoms with van der Waals surface area (Å²) < 4.78 is 0. The molecule has 1 aromatic heterocycles. The van der Waals surface area contributed by atoms with E-state index in [2.05, 4.69) is 52.1 Å². The summed E-state index contributed by atoms with van der Waals surface area (Å²) in [5.41, 5.74) is 1.35. The Morgan fingerprint density at radius 1 is 1.11 bits per heavy atom. The smallest absolute Gasteiger partial charge is 0.261 e. The minimum Gasteiger partial charge on any atom is -0.356 e. The lowest BCUT2D eigenvalue weighted by Gasteiger charge is -2.18. The lowest BCUT2D eigenvalue weighted by molar-refractivity contribution is 0.0957. The van der Waals surface area contributed by atoms with Crippen molar-refractivity contribution in [1.29, 1.82) is 0 Å². The topological polar surface area (TPSA) is 65.5 Å². The number of carbonyl (C=O) groups excluding carboxylic acids is 1. The van der Waals surface area contributed by atoms with Crippen LogP contribution in [0, 0.1) is 0 Å². The van der Waals surface area contributed by atoms with Gasteiger partial charge in [0.25, 0.3) is 5.91 Å². The maximum atomic E-state index is 11.8. The number of aryl methyl sites for hydroxylation is 1. The molecule has 148 valence electrons. The standard InChI is InChI=1S/C20H28N4OS.HI/c1-16(11-12-17-8-4-3-5-9-17)24-20(21-2)23-14-7-13-22-19(25)18-10-6-15-26-18;/h3-6,8-10,15-16H,7,11-14H2,1-2H3,(H,22,25)(H2,21,23,24);1H. The molecule has 0 fully saturated rings. The van der Waals surface area contributed by atoms with Gasteiger partial charge in [0.15, 0.2) is 5.96 Å². The SMILES string of the molecule is CN=C(NCCCNC(=O)c1cccs1)NC(C)CCc1ccccc1.I. The fourth-order valence-corrected chi connectivity index (χ4v) is 3.16. The van der Waals surface area contributed by atoms with Crippen molar-refractivity contribution in [2.75, 3.05) is 20.1 Å². The number of hydrogen-bond donors (Lipinski definition) is 3. The van der Waals surface area contributed by atoms with Gasteiger partial charge in [-0.15, -0.1) is 35.3 Å². The van der Waals surface area contributed by atoms with E-state index in [1.165, 1.54) is 16.9 Å². The molecule has 27 heavy (non-hydrogen) atoms. The Morgan fingerprint density at radius 2 is 1.85 bits per heavy atom. The largest absolute Gasteiger partial charge is 0.356 e. The van der Waals surface area contributed by atoms with Crippen LogP contribution in [0.3, 0.4) is 0 Å². The van der Waals surface area contributed by atoms with E-state index in [1.807, 2.05) is 23.6 Å². The molecule has 5 nitrogen and oxygen atoms in total. The van der Waals surface area contributed by atoms with Gasteiger partial charge in [-0.2, -0.15) is 0 Å². The van der Waals surface area contributed by atoms with Crippen molar-refractivity contribution < 1.29 is 4.79 Å². The Hall–Kier alpha value is -1.61. The Balaban J connectivity index is 0.00000364. The Kier molecular flexibility index (Phi) is 11.8. The van der Waals surface area contributed by atoms with Gasteiger partial charge in [0, 0.05) is 26.2 Å². The van der Waals surface area contributed by atoms with Gasteiger partial charge >= 0.3 is 0 Å². The van der Waals surface area contributed by atoms with Gasteiger partial charge in [0.1, 0.15) is 0 Å². The Bertz CT molecular complexity index is 677. The van der Waals surface area contributed by atoms with E-state index < -0.39 is 0 Å². The summed E-state index contributed by atoms with van der Waals surface area (Å²) in [4.78, 5) is 16.9. The number of guanidine groups is 1. The van der Waals surface area contributed by atoms with Crippen LogP contribution in [-0.4, -0.2) is 38.0 Å². The maximum Gasteiger partial charge on any atom is 0.261 e. The molecule has 0 aliphatic rings. The normalized spacial score (nSPS) is 12.0. The molecule has 1 atom stereocenters. The average molecular weight is 500 g/mol. The van der Waals surface area contributed by atoms with E-state index >= 15 is 0 Å². The number of amides is 1. The van der Waals surface area contributed by atoms with Crippen LogP contribution < -0.4 is 16.0 Å².